The minimum absolute atomic E-state index is 0.0742. The van der Waals surface area contributed by atoms with E-state index in [1.54, 1.807) is 7.05 Å². The Labute approximate surface area is 93.6 Å². The lowest BCUT2D eigenvalue weighted by Crippen LogP contribution is -2.40. The van der Waals surface area contributed by atoms with Gasteiger partial charge in [-0.05, 0) is 24.6 Å². The molecule has 1 fully saturated rings. The Morgan fingerprint density at radius 2 is 2.38 bits per heavy atom. The number of tetrazole rings is 1. The summed E-state index contributed by atoms with van der Waals surface area (Å²) in [5.74, 6) is 0.188. The van der Waals surface area contributed by atoms with Crippen molar-refractivity contribution >= 4 is 11.9 Å². The zero-order chi connectivity index (χ0) is 11.4. The van der Waals surface area contributed by atoms with Crippen LogP contribution in [-0.4, -0.2) is 38.7 Å². The number of anilines is 1. The maximum absolute atomic E-state index is 11.8. The van der Waals surface area contributed by atoms with Gasteiger partial charge in [-0.25, -0.2) is 0 Å². The van der Waals surface area contributed by atoms with Crippen LogP contribution in [0.15, 0.2) is 0 Å². The summed E-state index contributed by atoms with van der Waals surface area (Å²) < 4.78 is 0. The average molecular weight is 224 g/mol. The highest BCUT2D eigenvalue weighted by atomic mass is 16.2. The van der Waals surface area contributed by atoms with Crippen molar-refractivity contribution in [3.8, 4) is 0 Å². The molecule has 88 valence electrons. The second-order valence-corrected chi connectivity index (χ2v) is 3.95. The number of aryl methyl sites for hydroxylation is 1. The average Bonchev–Trinajstić information content (AvgIpc) is 2.56. The molecule has 0 bridgehead atoms. The molecule has 1 amide bonds. The van der Waals surface area contributed by atoms with Crippen LogP contribution in [-0.2, 0) is 11.8 Å². The van der Waals surface area contributed by atoms with E-state index in [-0.39, 0.29) is 17.9 Å². The van der Waals surface area contributed by atoms with Crippen molar-refractivity contribution in [2.24, 2.45) is 7.05 Å². The van der Waals surface area contributed by atoms with Crippen LogP contribution in [0.2, 0.25) is 0 Å². The molecule has 2 heterocycles. The molecule has 1 aliphatic rings. The van der Waals surface area contributed by atoms with Crippen molar-refractivity contribution in [2.75, 3.05) is 11.9 Å². The lowest BCUT2D eigenvalue weighted by Gasteiger charge is -2.13. The van der Waals surface area contributed by atoms with E-state index in [0.717, 1.165) is 25.8 Å². The Morgan fingerprint density at radius 3 is 3.12 bits per heavy atom. The number of hydrogen-bond donors (Lipinski definition) is 2. The summed E-state index contributed by atoms with van der Waals surface area (Å²) >= 11 is 0. The van der Waals surface area contributed by atoms with E-state index in [1.807, 2.05) is 0 Å². The van der Waals surface area contributed by atoms with E-state index in [2.05, 4.69) is 26.0 Å². The van der Waals surface area contributed by atoms with Crippen LogP contribution in [0, 0.1) is 0 Å². The monoisotopic (exact) mass is 224 g/mol. The van der Waals surface area contributed by atoms with Gasteiger partial charge in [-0.1, -0.05) is 17.9 Å². The van der Waals surface area contributed by atoms with Crippen molar-refractivity contribution in [1.82, 2.24) is 25.5 Å². The third-order valence-electron chi connectivity index (χ3n) is 2.62. The highest BCUT2D eigenvalue weighted by molar-refractivity contribution is 5.93. The van der Waals surface area contributed by atoms with Crippen molar-refractivity contribution in [3.05, 3.63) is 0 Å². The van der Waals surface area contributed by atoms with Crippen LogP contribution in [0.4, 0.5) is 5.95 Å². The van der Waals surface area contributed by atoms with Gasteiger partial charge in [-0.3, -0.25) is 10.1 Å². The lowest BCUT2D eigenvalue weighted by atomic mass is 10.1. The lowest BCUT2D eigenvalue weighted by molar-refractivity contribution is -0.118. The Kier molecular flexibility index (Phi) is 3.45. The van der Waals surface area contributed by atoms with Gasteiger partial charge in [0, 0.05) is 0 Å². The molecule has 1 aromatic heterocycles. The Hall–Kier alpha value is -1.50. The van der Waals surface area contributed by atoms with Gasteiger partial charge in [-0.2, -0.15) is 4.80 Å². The fraction of sp³-hybridized carbons (Fsp3) is 0.778. The highest BCUT2D eigenvalue weighted by Gasteiger charge is 2.20. The largest absolute Gasteiger partial charge is 0.306 e. The van der Waals surface area contributed by atoms with E-state index in [9.17, 15) is 4.79 Å². The number of amides is 1. The Bertz CT molecular complexity index is 355. The zero-order valence-corrected chi connectivity index (χ0v) is 9.31. The topological polar surface area (TPSA) is 84.7 Å². The molecular weight excluding hydrogens is 208 g/mol. The van der Waals surface area contributed by atoms with Crippen LogP contribution in [0.5, 0.6) is 0 Å². The predicted octanol–water partition coefficient (Wildman–Crippen LogP) is -0.319. The van der Waals surface area contributed by atoms with Crippen LogP contribution < -0.4 is 10.6 Å². The van der Waals surface area contributed by atoms with Gasteiger partial charge in [0.25, 0.3) is 5.95 Å². The SMILES string of the molecule is Cn1nnc(NC(=O)C2CCCCCN2)n1. The summed E-state index contributed by atoms with van der Waals surface area (Å²) in [6, 6.07) is -0.133. The molecule has 2 rings (SSSR count). The Balaban J connectivity index is 1.91. The molecule has 0 spiro atoms. The number of hydrogen-bond acceptors (Lipinski definition) is 5. The first kappa shape index (κ1) is 11.0. The van der Waals surface area contributed by atoms with E-state index >= 15 is 0 Å². The number of carbonyl (C=O) groups is 1. The quantitative estimate of drug-likeness (QED) is 0.719. The van der Waals surface area contributed by atoms with Gasteiger partial charge < -0.3 is 5.32 Å². The van der Waals surface area contributed by atoms with Crippen molar-refractivity contribution in [2.45, 2.75) is 31.7 Å². The van der Waals surface area contributed by atoms with Crippen molar-refractivity contribution in [1.29, 1.82) is 0 Å². The molecule has 1 aromatic rings. The molecule has 1 saturated heterocycles. The van der Waals surface area contributed by atoms with Crippen LogP contribution in [0.25, 0.3) is 0 Å². The molecule has 0 radical (unpaired) electrons. The molecule has 0 saturated carbocycles. The molecule has 2 N–H and O–H groups in total. The molecule has 0 aromatic carbocycles. The van der Waals surface area contributed by atoms with E-state index in [1.165, 1.54) is 11.2 Å². The highest BCUT2D eigenvalue weighted by Crippen LogP contribution is 2.09. The third-order valence-corrected chi connectivity index (χ3v) is 2.62. The smallest absolute Gasteiger partial charge is 0.270 e. The first-order chi connectivity index (χ1) is 7.75. The number of nitrogens with one attached hydrogen (secondary N) is 2. The molecule has 1 unspecified atom stereocenters. The van der Waals surface area contributed by atoms with Gasteiger partial charge in [-0.15, -0.1) is 5.10 Å². The third kappa shape index (κ3) is 2.75. The second-order valence-electron chi connectivity index (χ2n) is 3.95. The second kappa shape index (κ2) is 5.02. The maximum Gasteiger partial charge on any atom is 0.270 e. The summed E-state index contributed by atoms with van der Waals surface area (Å²) in [4.78, 5) is 13.2. The van der Waals surface area contributed by atoms with Crippen molar-refractivity contribution in [3.63, 3.8) is 0 Å². The minimum Gasteiger partial charge on any atom is -0.306 e. The van der Waals surface area contributed by atoms with Gasteiger partial charge in [0.05, 0.1) is 13.1 Å². The first-order valence-electron chi connectivity index (χ1n) is 5.54. The van der Waals surface area contributed by atoms with Gasteiger partial charge in [0.2, 0.25) is 5.91 Å². The number of carbonyl (C=O) groups excluding carboxylic acids is 1. The summed E-state index contributed by atoms with van der Waals surface area (Å²) in [6.45, 7) is 0.895. The molecule has 0 aliphatic carbocycles. The molecule has 1 aliphatic heterocycles. The van der Waals surface area contributed by atoms with E-state index in [4.69, 9.17) is 0 Å². The van der Waals surface area contributed by atoms with E-state index in [0.29, 0.717) is 0 Å². The van der Waals surface area contributed by atoms with Crippen LogP contribution >= 0.6 is 0 Å². The molecular formula is C9H16N6O. The molecule has 1 atom stereocenters. The van der Waals surface area contributed by atoms with Crippen LogP contribution in [0.1, 0.15) is 25.7 Å². The van der Waals surface area contributed by atoms with Gasteiger partial charge >= 0.3 is 0 Å². The number of nitrogens with zero attached hydrogens (tertiary/aromatic N) is 4. The number of aromatic nitrogens is 4. The molecule has 16 heavy (non-hydrogen) atoms. The minimum atomic E-state index is -0.133. The molecule has 7 nitrogen and oxygen atoms in total. The molecule has 7 heteroatoms. The predicted molar refractivity (Wildman–Crippen MR) is 57.7 cm³/mol. The summed E-state index contributed by atoms with van der Waals surface area (Å²) in [5, 5.41) is 17.1. The maximum atomic E-state index is 11.8. The normalized spacial score (nSPS) is 21.4. The number of rotatable bonds is 2. The standard InChI is InChI=1S/C9H16N6O/c1-15-13-9(12-14-15)11-8(16)7-5-3-2-4-6-10-7/h7,10H,2-6H2,1H3,(H,11,13,16). The fourth-order valence-corrected chi connectivity index (χ4v) is 1.78. The Morgan fingerprint density at radius 1 is 1.50 bits per heavy atom. The first-order valence-corrected chi connectivity index (χ1v) is 5.54. The summed E-state index contributed by atoms with van der Waals surface area (Å²) in [6.07, 6.45) is 4.26. The van der Waals surface area contributed by atoms with Crippen molar-refractivity contribution < 1.29 is 4.79 Å². The summed E-state index contributed by atoms with van der Waals surface area (Å²) in [5.41, 5.74) is 0. The van der Waals surface area contributed by atoms with Gasteiger partial charge in [0.15, 0.2) is 0 Å². The zero-order valence-electron chi connectivity index (χ0n) is 9.31. The summed E-state index contributed by atoms with van der Waals surface area (Å²) in [7, 11) is 1.66. The van der Waals surface area contributed by atoms with Gasteiger partial charge in [0.1, 0.15) is 0 Å². The van der Waals surface area contributed by atoms with E-state index < -0.39 is 0 Å². The van der Waals surface area contributed by atoms with Crippen LogP contribution in [0.3, 0.4) is 0 Å². The fourth-order valence-electron chi connectivity index (χ4n) is 1.78.